The maximum atomic E-state index is 2.53. The minimum Gasteiger partial charge on any atom is -0.0639 e. The molecule has 1 fully saturated rings. The van der Waals surface area contributed by atoms with Crippen LogP contribution in [0.5, 0.6) is 0 Å². The van der Waals surface area contributed by atoms with Crippen LogP contribution < -0.4 is 0 Å². The molecule has 0 nitrogen and oxygen atoms in total. The summed E-state index contributed by atoms with van der Waals surface area (Å²) in [6, 6.07) is 22.6. The minimum absolute atomic E-state index is 0.615. The highest BCUT2D eigenvalue weighted by Gasteiger charge is 2.24. The molecule has 4 aromatic carbocycles. The lowest BCUT2D eigenvalue weighted by Gasteiger charge is -2.31. The van der Waals surface area contributed by atoms with Crippen molar-refractivity contribution in [1.29, 1.82) is 0 Å². The maximum absolute atomic E-state index is 2.53. The van der Waals surface area contributed by atoms with Gasteiger partial charge in [0.1, 0.15) is 0 Å². The van der Waals surface area contributed by atoms with Gasteiger partial charge in [0.25, 0.3) is 0 Å². The van der Waals surface area contributed by atoms with Gasteiger partial charge in [0.15, 0.2) is 0 Å². The van der Waals surface area contributed by atoms with Crippen LogP contribution in [0, 0.1) is 18.8 Å². The Hall–Kier alpha value is -2.60. The van der Waals surface area contributed by atoms with Crippen molar-refractivity contribution in [3.05, 3.63) is 77.4 Å². The smallest absolute Gasteiger partial charge is 0.00988 e. The Labute approximate surface area is 167 Å². The monoisotopic (exact) mass is 364 g/mol. The van der Waals surface area contributed by atoms with E-state index in [1.165, 1.54) is 62.7 Å². The molecule has 1 aliphatic rings. The summed E-state index contributed by atoms with van der Waals surface area (Å²) < 4.78 is 0. The van der Waals surface area contributed by atoms with Gasteiger partial charge in [0, 0.05) is 0 Å². The first-order valence-corrected chi connectivity index (χ1v) is 10.7. The van der Waals surface area contributed by atoms with Crippen molar-refractivity contribution in [2.75, 3.05) is 0 Å². The highest BCUT2D eigenvalue weighted by molar-refractivity contribution is 6.14. The van der Waals surface area contributed by atoms with Gasteiger partial charge in [-0.05, 0) is 87.2 Å². The van der Waals surface area contributed by atoms with Crippen LogP contribution in [0.15, 0.2) is 66.2 Å². The van der Waals surface area contributed by atoms with Crippen molar-refractivity contribution in [1.82, 2.24) is 0 Å². The zero-order chi connectivity index (χ0) is 19.3. The minimum atomic E-state index is 0.615. The molecular weight excluding hydrogens is 336 g/mol. The summed E-state index contributed by atoms with van der Waals surface area (Å²) in [5.74, 6) is 1.41. The quantitative estimate of drug-likeness (QED) is 0.253. The van der Waals surface area contributed by atoms with Gasteiger partial charge in [-0.25, -0.2) is 0 Å². The summed E-state index contributed by atoms with van der Waals surface area (Å²) in [5.41, 5.74) is 4.44. The molecule has 28 heavy (non-hydrogen) atoms. The third-order valence-electron chi connectivity index (χ3n) is 6.70. The third kappa shape index (κ3) is 2.83. The summed E-state index contributed by atoms with van der Waals surface area (Å²) in [6.07, 6.45) is 6.64. The number of rotatable bonds is 3. The van der Waals surface area contributed by atoms with Crippen LogP contribution in [0.4, 0.5) is 0 Å². The molecule has 0 atom stereocenters. The molecule has 140 valence electrons. The van der Waals surface area contributed by atoms with Gasteiger partial charge < -0.3 is 0 Å². The molecule has 1 aliphatic carbocycles. The first-order valence-electron chi connectivity index (χ1n) is 10.7. The fourth-order valence-electron chi connectivity index (χ4n) is 4.82. The predicted molar refractivity (Wildman–Crippen MR) is 124 cm³/mol. The molecule has 0 amide bonds. The van der Waals surface area contributed by atoms with Crippen LogP contribution in [0.1, 0.15) is 44.2 Å². The largest absolute Gasteiger partial charge is 0.0639 e. The fourth-order valence-corrected chi connectivity index (χ4v) is 4.82. The molecule has 0 bridgehead atoms. The van der Waals surface area contributed by atoms with Crippen molar-refractivity contribution in [3.63, 3.8) is 0 Å². The summed E-state index contributed by atoms with van der Waals surface area (Å²) in [7, 11) is 0. The Morgan fingerprint density at radius 2 is 1.54 bits per heavy atom. The summed E-state index contributed by atoms with van der Waals surface area (Å²) in [6.45, 7) is 6.97. The highest BCUT2D eigenvalue weighted by atomic mass is 14.3. The average Bonchev–Trinajstić information content (AvgIpc) is 2.65. The number of aryl methyl sites for hydroxylation is 1. The standard InChI is InChI=1S/C28H28/c1-18(2)26(20-9-6-10-20)17-27-19(3)11-13-25-24(27)14-12-23-15-21-7-4-5-8-22(21)16-28(23)25/h4-5,7-8,11-18,20H,6,9-10H2,1-3H3/b26-17-. The van der Waals surface area contributed by atoms with E-state index in [9.17, 15) is 0 Å². The lowest BCUT2D eigenvalue weighted by Crippen LogP contribution is -2.17. The van der Waals surface area contributed by atoms with Crippen LogP contribution in [0.25, 0.3) is 38.4 Å². The van der Waals surface area contributed by atoms with Gasteiger partial charge in [-0.3, -0.25) is 0 Å². The van der Waals surface area contributed by atoms with E-state index in [0.717, 1.165) is 5.92 Å². The molecule has 0 N–H and O–H groups in total. The number of hydrogen-bond acceptors (Lipinski definition) is 0. The molecule has 0 saturated heterocycles. The molecular formula is C28H28. The van der Waals surface area contributed by atoms with Gasteiger partial charge in [-0.2, -0.15) is 0 Å². The van der Waals surface area contributed by atoms with Gasteiger partial charge in [-0.15, -0.1) is 0 Å². The van der Waals surface area contributed by atoms with E-state index in [-0.39, 0.29) is 0 Å². The molecule has 0 heteroatoms. The first-order chi connectivity index (χ1) is 13.6. The van der Waals surface area contributed by atoms with Crippen LogP contribution in [0.3, 0.4) is 0 Å². The zero-order valence-corrected chi connectivity index (χ0v) is 17.1. The Balaban J connectivity index is 1.78. The van der Waals surface area contributed by atoms with E-state index in [2.05, 4.69) is 87.5 Å². The number of hydrogen-bond donors (Lipinski definition) is 0. The average molecular weight is 365 g/mol. The van der Waals surface area contributed by atoms with Crippen molar-refractivity contribution < 1.29 is 0 Å². The third-order valence-corrected chi connectivity index (χ3v) is 6.70. The second-order valence-corrected chi connectivity index (χ2v) is 8.80. The summed E-state index contributed by atoms with van der Waals surface area (Å²) in [5, 5.41) is 8.08. The SMILES string of the molecule is Cc1ccc2c(ccc3cc4ccccc4cc32)c1/C=C(/C(C)C)C1CCC1. The van der Waals surface area contributed by atoms with Crippen molar-refractivity contribution in [2.45, 2.75) is 40.0 Å². The molecule has 0 spiro atoms. The Morgan fingerprint density at radius 1 is 0.821 bits per heavy atom. The van der Waals surface area contributed by atoms with Crippen LogP contribution >= 0.6 is 0 Å². The highest BCUT2D eigenvalue weighted by Crippen LogP contribution is 2.40. The maximum Gasteiger partial charge on any atom is -0.00988 e. The van der Waals surface area contributed by atoms with Gasteiger partial charge >= 0.3 is 0 Å². The predicted octanol–water partition coefficient (Wildman–Crippen LogP) is 8.29. The van der Waals surface area contributed by atoms with Gasteiger partial charge in [0.05, 0.1) is 0 Å². The summed E-state index contributed by atoms with van der Waals surface area (Å²) in [4.78, 5) is 0. The number of benzene rings is 4. The van der Waals surface area contributed by atoms with Gasteiger partial charge in [0.2, 0.25) is 0 Å². The number of fused-ring (bicyclic) bond motifs is 4. The second kappa shape index (κ2) is 6.78. The van der Waals surface area contributed by atoms with E-state index < -0.39 is 0 Å². The van der Waals surface area contributed by atoms with E-state index in [0.29, 0.717) is 5.92 Å². The fraction of sp³-hybridized carbons (Fsp3) is 0.286. The molecule has 0 unspecified atom stereocenters. The normalized spacial score (nSPS) is 15.6. The molecule has 1 saturated carbocycles. The van der Waals surface area contributed by atoms with E-state index >= 15 is 0 Å². The van der Waals surface area contributed by atoms with E-state index in [1.807, 2.05) is 0 Å². The Morgan fingerprint density at radius 3 is 2.21 bits per heavy atom. The Kier molecular flexibility index (Phi) is 4.23. The van der Waals surface area contributed by atoms with E-state index in [1.54, 1.807) is 5.57 Å². The van der Waals surface area contributed by atoms with Crippen molar-refractivity contribution in [2.24, 2.45) is 11.8 Å². The van der Waals surface area contributed by atoms with Crippen molar-refractivity contribution >= 4 is 38.4 Å². The zero-order valence-electron chi connectivity index (χ0n) is 17.1. The molecule has 0 radical (unpaired) electrons. The molecule has 0 heterocycles. The van der Waals surface area contributed by atoms with Crippen LogP contribution in [0.2, 0.25) is 0 Å². The second-order valence-electron chi connectivity index (χ2n) is 8.80. The van der Waals surface area contributed by atoms with Crippen LogP contribution in [-0.4, -0.2) is 0 Å². The molecule has 4 aromatic rings. The molecule has 0 aliphatic heterocycles. The topological polar surface area (TPSA) is 0 Å². The van der Waals surface area contributed by atoms with Gasteiger partial charge in [-0.1, -0.05) is 80.4 Å². The lowest BCUT2D eigenvalue weighted by atomic mass is 9.74. The van der Waals surface area contributed by atoms with Crippen molar-refractivity contribution in [3.8, 4) is 0 Å². The summed E-state index contributed by atoms with van der Waals surface area (Å²) >= 11 is 0. The number of allylic oxidation sites excluding steroid dienone is 1. The van der Waals surface area contributed by atoms with Crippen LogP contribution in [-0.2, 0) is 0 Å². The first kappa shape index (κ1) is 17.5. The lowest BCUT2D eigenvalue weighted by molar-refractivity contribution is 0.347. The molecule has 5 rings (SSSR count). The molecule has 0 aromatic heterocycles. The van der Waals surface area contributed by atoms with E-state index in [4.69, 9.17) is 0 Å². The Bertz CT molecular complexity index is 1220.